The third-order valence-corrected chi connectivity index (χ3v) is 3.95. The van der Waals surface area contributed by atoms with Crippen LogP contribution in [0.1, 0.15) is 34.1 Å². The van der Waals surface area contributed by atoms with E-state index in [0.29, 0.717) is 31.4 Å². The molecule has 0 spiro atoms. The van der Waals surface area contributed by atoms with E-state index in [1.165, 1.54) is 4.31 Å². The molecule has 5 nitrogen and oxygen atoms in total. The summed E-state index contributed by atoms with van der Waals surface area (Å²) in [7, 11) is 1.59. The third-order valence-electron chi connectivity index (χ3n) is 2.52. The van der Waals surface area contributed by atoms with Crippen molar-refractivity contribution in [1.29, 1.82) is 0 Å². The second kappa shape index (κ2) is 10.5. The summed E-state index contributed by atoms with van der Waals surface area (Å²) in [5.74, 6) is 0.264. The predicted molar refractivity (Wildman–Crippen MR) is 79.2 cm³/mol. The first-order valence-corrected chi connectivity index (χ1v) is 8.11. The molecule has 0 saturated carbocycles. The molecule has 1 N–H and O–H groups in total. The maximum absolute atomic E-state index is 11.8. The quantitative estimate of drug-likeness (QED) is 0.485. The highest BCUT2D eigenvalue weighted by Gasteiger charge is 2.23. The van der Waals surface area contributed by atoms with Gasteiger partial charge < -0.3 is 14.6 Å². The summed E-state index contributed by atoms with van der Waals surface area (Å²) in [5.41, 5.74) is 0. The summed E-state index contributed by atoms with van der Waals surface area (Å²) in [6.45, 7) is 9.85. The molecule has 0 radical (unpaired) electrons. The summed E-state index contributed by atoms with van der Waals surface area (Å²) in [5, 5.41) is 3.25. The van der Waals surface area contributed by atoms with Gasteiger partial charge in [0, 0.05) is 24.9 Å². The summed E-state index contributed by atoms with van der Waals surface area (Å²) < 4.78 is 18.6. The molecule has 0 aromatic rings. The fourth-order valence-electron chi connectivity index (χ4n) is 1.41. The fraction of sp³-hybridized carbons (Fsp3) is 0.923. The summed E-state index contributed by atoms with van der Waals surface area (Å²) in [6, 6.07) is 0.465. The van der Waals surface area contributed by atoms with Gasteiger partial charge in [-0.1, -0.05) is 27.7 Å². The monoisotopic (exact) mass is 292 g/mol. The van der Waals surface area contributed by atoms with Crippen LogP contribution in [0.2, 0.25) is 0 Å². The van der Waals surface area contributed by atoms with Crippen LogP contribution < -0.4 is 5.32 Å². The Labute approximate surface area is 120 Å². The molecule has 0 aliphatic carbocycles. The van der Waals surface area contributed by atoms with Crippen molar-refractivity contribution in [3.8, 4) is 0 Å². The van der Waals surface area contributed by atoms with Crippen molar-refractivity contribution in [1.82, 2.24) is 9.62 Å². The number of nitrogens with one attached hydrogen (secondary N) is 1. The summed E-state index contributed by atoms with van der Waals surface area (Å²) >= 11 is -1.24. The largest absolute Gasteiger partial charge is 0.593 e. The lowest BCUT2D eigenvalue weighted by atomic mass is 10.2. The zero-order valence-corrected chi connectivity index (χ0v) is 13.6. The molecule has 1 unspecified atom stereocenters. The van der Waals surface area contributed by atoms with E-state index in [9.17, 15) is 9.35 Å². The lowest BCUT2D eigenvalue weighted by Crippen LogP contribution is -2.37. The van der Waals surface area contributed by atoms with Gasteiger partial charge >= 0.3 is 0 Å². The minimum absolute atomic E-state index is 0.0830. The molecule has 0 heterocycles. The summed E-state index contributed by atoms with van der Waals surface area (Å²) in [4.78, 5) is 11.6. The molecule has 0 fully saturated rings. The first-order valence-electron chi connectivity index (χ1n) is 6.83. The fourth-order valence-corrected chi connectivity index (χ4v) is 2.46. The Bertz CT molecular complexity index is 250. The Morgan fingerprint density at radius 3 is 2.47 bits per heavy atom. The van der Waals surface area contributed by atoms with Gasteiger partial charge in [0.2, 0.25) is 0 Å². The van der Waals surface area contributed by atoms with Crippen molar-refractivity contribution in [3.63, 3.8) is 0 Å². The van der Waals surface area contributed by atoms with Gasteiger partial charge in [0.05, 0.1) is 31.6 Å². The Hall–Kier alpha value is -0.300. The molecule has 0 aliphatic rings. The number of hydrogen-bond donors (Lipinski definition) is 1. The number of rotatable bonds is 10. The van der Waals surface area contributed by atoms with Crippen LogP contribution in [0, 0.1) is 5.92 Å². The Kier molecular flexibility index (Phi) is 10.3. The summed E-state index contributed by atoms with van der Waals surface area (Å²) in [6.07, 6.45) is 0.698. The molecule has 0 saturated heterocycles. The first-order chi connectivity index (χ1) is 8.86. The maximum Gasteiger partial charge on any atom is 0.266 e. The van der Waals surface area contributed by atoms with Gasteiger partial charge in [0.1, 0.15) is 5.75 Å². The van der Waals surface area contributed by atoms with Crippen LogP contribution in [0.5, 0.6) is 0 Å². The van der Waals surface area contributed by atoms with Crippen molar-refractivity contribution in [2.45, 2.75) is 40.2 Å². The van der Waals surface area contributed by atoms with Crippen molar-refractivity contribution < 1.29 is 14.1 Å². The highest BCUT2D eigenvalue weighted by molar-refractivity contribution is 7.89. The molecule has 0 aromatic carbocycles. The zero-order valence-electron chi connectivity index (χ0n) is 12.8. The molecular formula is C13H28N2O3S. The van der Waals surface area contributed by atoms with Crippen molar-refractivity contribution in [3.05, 3.63) is 0 Å². The van der Waals surface area contributed by atoms with E-state index in [4.69, 9.17) is 4.74 Å². The van der Waals surface area contributed by atoms with Gasteiger partial charge in [-0.25, -0.2) is 0 Å². The molecule has 0 rings (SSSR count). The van der Waals surface area contributed by atoms with E-state index < -0.39 is 11.4 Å². The highest BCUT2D eigenvalue weighted by Crippen LogP contribution is 2.06. The number of ether oxygens (including phenoxy) is 1. The molecule has 0 aliphatic heterocycles. The van der Waals surface area contributed by atoms with Gasteiger partial charge in [0.25, 0.3) is 5.91 Å². The van der Waals surface area contributed by atoms with Crippen LogP contribution in [-0.4, -0.2) is 53.4 Å². The molecule has 6 heteroatoms. The van der Waals surface area contributed by atoms with Gasteiger partial charge in [-0.2, -0.15) is 4.31 Å². The van der Waals surface area contributed by atoms with Crippen LogP contribution >= 0.6 is 0 Å². The lowest BCUT2D eigenvalue weighted by molar-refractivity contribution is -0.128. The Morgan fingerprint density at radius 1 is 1.32 bits per heavy atom. The first kappa shape index (κ1) is 18.7. The normalized spacial score (nSPS) is 13.1. The number of carbonyl (C=O) groups excluding carboxylic acids is 1. The topological polar surface area (TPSA) is 64.6 Å². The van der Waals surface area contributed by atoms with E-state index in [2.05, 4.69) is 19.2 Å². The van der Waals surface area contributed by atoms with Crippen molar-refractivity contribution in [2.24, 2.45) is 5.92 Å². The standard InChI is InChI=1S/C13H28N2O3S/c1-11(2)13(16)15(5)19(17)10-6-8-18-9-7-14-12(3)4/h11-12,14H,6-10H2,1-5H3. The van der Waals surface area contributed by atoms with E-state index in [1.54, 1.807) is 20.9 Å². The smallest absolute Gasteiger partial charge is 0.266 e. The Morgan fingerprint density at radius 2 is 1.95 bits per heavy atom. The molecule has 1 atom stereocenters. The highest BCUT2D eigenvalue weighted by atomic mass is 32.2. The lowest BCUT2D eigenvalue weighted by Gasteiger charge is -2.21. The molecule has 0 aromatic heterocycles. The number of amides is 1. The average molecular weight is 292 g/mol. The van der Waals surface area contributed by atoms with Gasteiger partial charge in [-0.15, -0.1) is 0 Å². The predicted octanol–water partition coefficient (Wildman–Crippen LogP) is 1.17. The molecule has 19 heavy (non-hydrogen) atoms. The molecule has 114 valence electrons. The van der Waals surface area contributed by atoms with Crippen molar-refractivity contribution in [2.75, 3.05) is 32.6 Å². The van der Waals surface area contributed by atoms with E-state index >= 15 is 0 Å². The van der Waals surface area contributed by atoms with Gasteiger partial charge in [-0.05, 0) is 0 Å². The second-order valence-electron chi connectivity index (χ2n) is 5.09. The van der Waals surface area contributed by atoms with E-state index in [-0.39, 0.29) is 11.8 Å². The van der Waals surface area contributed by atoms with Crippen LogP contribution in [0.15, 0.2) is 0 Å². The minimum atomic E-state index is -1.24. The van der Waals surface area contributed by atoms with Crippen LogP contribution in [0.25, 0.3) is 0 Å². The van der Waals surface area contributed by atoms with E-state index in [1.807, 2.05) is 0 Å². The van der Waals surface area contributed by atoms with Gasteiger partial charge in [-0.3, -0.25) is 4.79 Å². The SMILES string of the molecule is CC(C)NCCOCCC[S+]([O-])N(C)C(=O)C(C)C. The molecule has 1 amide bonds. The number of hydrogen-bond acceptors (Lipinski definition) is 4. The van der Waals surface area contributed by atoms with E-state index in [0.717, 1.165) is 6.54 Å². The minimum Gasteiger partial charge on any atom is -0.593 e. The van der Waals surface area contributed by atoms with Crippen LogP contribution in [-0.2, 0) is 20.9 Å². The van der Waals surface area contributed by atoms with Crippen LogP contribution in [0.3, 0.4) is 0 Å². The maximum atomic E-state index is 11.8. The number of nitrogens with zero attached hydrogens (tertiary/aromatic N) is 1. The van der Waals surface area contributed by atoms with Gasteiger partial charge in [0.15, 0.2) is 0 Å². The Balaban J connectivity index is 3.58. The zero-order chi connectivity index (χ0) is 14.8. The average Bonchev–Trinajstić information content (AvgIpc) is 2.34. The molecular weight excluding hydrogens is 264 g/mol. The second-order valence-corrected chi connectivity index (χ2v) is 6.69. The molecule has 0 bridgehead atoms. The number of carbonyl (C=O) groups is 1. The third kappa shape index (κ3) is 9.27. The van der Waals surface area contributed by atoms with Crippen molar-refractivity contribution >= 4 is 17.3 Å². The van der Waals surface area contributed by atoms with Crippen LogP contribution in [0.4, 0.5) is 0 Å².